The van der Waals surface area contributed by atoms with Crippen molar-refractivity contribution in [1.82, 2.24) is 40.5 Å². The fourth-order valence-electron chi connectivity index (χ4n) is 11.1. The van der Waals surface area contributed by atoms with Crippen LogP contribution in [0.1, 0.15) is 77.0 Å². The molecule has 0 bridgehead atoms. The van der Waals surface area contributed by atoms with E-state index in [2.05, 4.69) is 75.9 Å². The minimum absolute atomic E-state index is 0.141. The quantitative estimate of drug-likeness (QED) is 0.0730. The van der Waals surface area contributed by atoms with Gasteiger partial charge < -0.3 is 62.6 Å². The van der Waals surface area contributed by atoms with Crippen molar-refractivity contribution in [3.63, 3.8) is 0 Å². The van der Waals surface area contributed by atoms with E-state index in [-0.39, 0.29) is 47.4 Å². The Morgan fingerprint density at radius 1 is 0.541 bits per heavy atom. The van der Waals surface area contributed by atoms with E-state index in [1.165, 1.54) is 48.4 Å². The third kappa shape index (κ3) is 11.7. The van der Waals surface area contributed by atoms with Gasteiger partial charge in [0, 0.05) is 75.5 Å². The van der Waals surface area contributed by atoms with E-state index < -0.39 is 0 Å². The number of hydrogen-bond donors (Lipinski definition) is 10. The van der Waals surface area contributed by atoms with Crippen LogP contribution in [0.5, 0.6) is 0 Å². The molecule has 6 aromatic rings. The van der Waals surface area contributed by atoms with Gasteiger partial charge >= 0.3 is 0 Å². The lowest BCUT2D eigenvalue weighted by atomic mass is 9.91. The van der Waals surface area contributed by atoms with E-state index in [1.807, 2.05) is 12.1 Å². The number of morpholine rings is 2. The van der Waals surface area contributed by atoms with Crippen LogP contribution in [0.3, 0.4) is 0 Å². The third-order valence-corrected chi connectivity index (χ3v) is 17.4. The zero-order valence-corrected chi connectivity index (χ0v) is 43.8. The molecule has 2 aliphatic carbocycles. The SMILES string of the molecule is N[C@@H]1CCCC[C@@H]1Nc1cccc2sc(-c3c(N[C@@H]4CCCNC4)nc(N4CCOCC4)[nH]c3=O)nc12.N[C@H]1CCCC[C@H]1Nc1cccc2sc(-c3c(N[C@@H]4CCCNC4)nc(N4CCOCC4)[nH]c3=O)nc12. The molecule has 8 heterocycles. The number of benzene rings is 2. The van der Waals surface area contributed by atoms with Crippen LogP contribution in [0.15, 0.2) is 46.0 Å². The lowest BCUT2D eigenvalue weighted by molar-refractivity contribution is 0.122. The number of fused-ring (bicyclic) bond motifs is 2. The van der Waals surface area contributed by atoms with Crippen molar-refractivity contribution < 1.29 is 9.47 Å². The number of nitrogens with zero attached hydrogens (tertiary/aromatic N) is 6. The standard InChI is InChI=1S/2C26H36N8O2S/c2*27-17-6-1-2-7-18(17)30-19-8-3-9-20-22(19)31-25(37-20)21-23(29-16-5-4-10-28-15-16)32-26(33-24(21)35)34-11-13-36-14-12-34/h2*3,8-9,16-18,28,30H,1-2,4-7,10-15,27H2,(H2,29,32,33,35)/t16-,17+,18-;16-,17-,18+/m11/s1. The molecule has 6 fully saturated rings. The molecule has 6 aliphatic rings. The molecule has 0 amide bonds. The van der Waals surface area contributed by atoms with E-state index in [0.717, 1.165) is 109 Å². The van der Waals surface area contributed by atoms with Gasteiger partial charge in [-0.25, -0.2) is 9.97 Å². The third-order valence-electron chi connectivity index (χ3n) is 15.3. The van der Waals surface area contributed by atoms with Crippen LogP contribution in [0.2, 0.25) is 0 Å². The lowest BCUT2D eigenvalue weighted by Crippen LogP contribution is -2.42. The summed E-state index contributed by atoms with van der Waals surface area (Å²) in [4.78, 5) is 57.3. The van der Waals surface area contributed by atoms with Crippen LogP contribution < -0.4 is 64.3 Å². The molecule has 20 nitrogen and oxygen atoms in total. The van der Waals surface area contributed by atoms with Crippen molar-refractivity contribution in [3.8, 4) is 21.1 Å². The molecule has 2 saturated carbocycles. The van der Waals surface area contributed by atoms with Gasteiger partial charge in [0.05, 0.1) is 47.2 Å². The van der Waals surface area contributed by atoms with Crippen molar-refractivity contribution in [2.24, 2.45) is 11.5 Å². The van der Waals surface area contributed by atoms with Crippen LogP contribution in [0.4, 0.5) is 34.9 Å². The van der Waals surface area contributed by atoms with E-state index in [0.29, 0.717) is 97.3 Å². The number of para-hydroxylation sites is 2. The smallest absolute Gasteiger partial charge is 0.264 e. The summed E-state index contributed by atoms with van der Waals surface area (Å²) in [5.74, 6) is 2.36. The Labute approximate surface area is 439 Å². The minimum Gasteiger partial charge on any atom is -0.379 e. The normalized spacial score (nSPS) is 24.8. The van der Waals surface area contributed by atoms with E-state index in [9.17, 15) is 9.59 Å². The molecule has 12 N–H and O–H groups in total. The summed E-state index contributed by atoms with van der Waals surface area (Å²) in [6, 6.07) is 13.5. The Balaban J connectivity index is 0.000000159. The van der Waals surface area contributed by atoms with Gasteiger partial charge in [-0.2, -0.15) is 9.97 Å². The Morgan fingerprint density at radius 3 is 1.38 bits per heavy atom. The number of rotatable bonds is 12. The maximum Gasteiger partial charge on any atom is 0.264 e. The highest BCUT2D eigenvalue weighted by Gasteiger charge is 2.29. The van der Waals surface area contributed by atoms with Gasteiger partial charge in [-0.3, -0.25) is 19.6 Å². The zero-order valence-electron chi connectivity index (χ0n) is 42.2. The van der Waals surface area contributed by atoms with Gasteiger partial charge in [0.1, 0.15) is 43.8 Å². The first-order valence-corrected chi connectivity index (χ1v) is 28.7. The Kier molecular flexibility index (Phi) is 16.2. The molecule has 22 heteroatoms. The molecule has 12 rings (SSSR count). The molecule has 0 spiro atoms. The van der Waals surface area contributed by atoms with Crippen molar-refractivity contribution in [2.45, 2.75) is 113 Å². The second-order valence-electron chi connectivity index (χ2n) is 20.5. The Hall–Kier alpha value is -5.46. The number of ether oxygens (including phenoxy) is 2. The number of nitrogens with two attached hydrogens (primary N) is 2. The predicted molar refractivity (Wildman–Crippen MR) is 300 cm³/mol. The first-order chi connectivity index (χ1) is 36.3. The number of hydrogen-bond acceptors (Lipinski definition) is 20. The van der Waals surface area contributed by atoms with Gasteiger partial charge in [0.25, 0.3) is 11.1 Å². The fourth-order valence-corrected chi connectivity index (χ4v) is 13.2. The molecule has 4 aliphatic heterocycles. The average Bonchev–Trinajstić information content (AvgIpc) is 4.07. The molecule has 0 radical (unpaired) electrons. The number of aromatic amines is 2. The summed E-state index contributed by atoms with van der Waals surface area (Å²) in [5.41, 5.74) is 17.2. The van der Waals surface area contributed by atoms with E-state index >= 15 is 0 Å². The number of thiazole rings is 2. The van der Waals surface area contributed by atoms with Crippen LogP contribution in [-0.4, -0.2) is 145 Å². The second kappa shape index (κ2) is 23.6. The van der Waals surface area contributed by atoms with Gasteiger partial charge in [0.15, 0.2) is 0 Å². The monoisotopic (exact) mass is 1050 g/mol. The molecule has 0 unspecified atom stereocenters. The van der Waals surface area contributed by atoms with Crippen LogP contribution in [0, 0.1) is 0 Å². The number of nitrogens with one attached hydrogen (secondary N) is 8. The van der Waals surface area contributed by atoms with Crippen LogP contribution >= 0.6 is 22.7 Å². The van der Waals surface area contributed by atoms with Gasteiger partial charge in [-0.05, 0) is 88.7 Å². The van der Waals surface area contributed by atoms with Crippen LogP contribution in [0.25, 0.3) is 41.6 Å². The summed E-state index contributed by atoms with van der Waals surface area (Å²) in [5, 5.41) is 22.7. The van der Waals surface area contributed by atoms with Crippen molar-refractivity contribution in [1.29, 1.82) is 0 Å². The topological polar surface area (TPSA) is 266 Å². The lowest BCUT2D eigenvalue weighted by Gasteiger charge is -2.30. The molecular weight excluding hydrogens is 977 g/mol. The highest BCUT2D eigenvalue weighted by molar-refractivity contribution is 7.22. The Bertz CT molecular complexity index is 2760. The first-order valence-electron chi connectivity index (χ1n) is 27.0. The highest BCUT2D eigenvalue weighted by atomic mass is 32.1. The van der Waals surface area contributed by atoms with Gasteiger partial charge in [0.2, 0.25) is 11.9 Å². The maximum absolute atomic E-state index is 13.6. The summed E-state index contributed by atoms with van der Waals surface area (Å²) in [7, 11) is 0. The molecule has 4 aromatic heterocycles. The molecule has 396 valence electrons. The number of anilines is 6. The first kappa shape index (κ1) is 50.7. The summed E-state index contributed by atoms with van der Waals surface area (Å²) < 4.78 is 13.1. The summed E-state index contributed by atoms with van der Waals surface area (Å²) in [6.07, 6.45) is 13.2. The minimum atomic E-state index is -0.175. The van der Waals surface area contributed by atoms with Crippen molar-refractivity contribution in [3.05, 3.63) is 57.1 Å². The molecule has 2 aromatic carbocycles. The molecule has 74 heavy (non-hydrogen) atoms. The number of piperidine rings is 2. The van der Waals surface area contributed by atoms with Crippen molar-refractivity contribution >= 4 is 78.0 Å². The van der Waals surface area contributed by atoms with E-state index in [4.69, 9.17) is 40.9 Å². The Morgan fingerprint density at radius 2 is 0.973 bits per heavy atom. The van der Waals surface area contributed by atoms with Gasteiger partial charge in [-0.15, -0.1) is 22.7 Å². The maximum atomic E-state index is 13.6. The largest absolute Gasteiger partial charge is 0.379 e. The zero-order chi connectivity index (χ0) is 50.4. The highest BCUT2D eigenvalue weighted by Crippen LogP contribution is 2.38. The summed E-state index contributed by atoms with van der Waals surface area (Å²) >= 11 is 3.06. The van der Waals surface area contributed by atoms with Crippen molar-refractivity contribution in [2.75, 3.05) is 110 Å². The molecule has 6 atom stereocenters. The molecule has 4 saturated heterocycles. The second-order valence-corrected chi connectivity index (χ2v) is 22.6. The fraction of sp³-hybridized carbons (Fsp3) is 0.577. The average molecular weight is 1050 g/mol. The molecular formula is C52H72N16O4S2. The van der Waals surface area contributed by atoms with E-state index in [1.54, 1.807) is 0 Å². The number of H-pyrrole nitrogens is 2. The predicted octanol–water partition coefficient (Wildman–Crippen LogP) is 5.46. The summed E-state index contributed by atoms with van der Waals surface area (Å²) in [6.45, 7) is 9.02. The van der Waals surface area contributed by atoms with Crippen LogP contribution in [-0.2, 0) is 9.47 Å². The van der Waals surface area contributed by atoms with Gasteiger partial charge in [-0.1, -0.05) is 37.8 Å². The number of aromatic nitrogens is 6.